The van der Waals surface area contributed by atoms with E-state index in [4.69, 9.17) is 0 Å². The molecule has 7 aromatic carbocycles. The first-order chi connectivity index (χ1) is 28.9. The molecule has 1 aliphatic rings. The lowest BCUT2D eigenvalue weighted by atomic mass is 9.80. The summed E-state index contributed by atoms with van der Waals surface area (Å²) in [6.07, 6.45) is -1.90. The van der Waals surface area contributed by atoms with E-state index in [9.17, 15) is 13.2 Å². The Labute approximate surface area is 340 Å². The molecule has 2 aromatic heterocycles. The average Bonchev–Trinajstić information content (AvgIpc) is 3.29. The van der Waals surface area contributed by atoms with Gasteiger partial charge in [0.15, 0.2) is 0 Å². The number of fused-ring (bicyclic) bond motifs is 8. The average molecular weight is 770 g/mol. The predicted molar refractivity (Wildman–Crippen MR) is 233 cm³/mol. The second-order valence-corrected chi connectivity index (χ2v) is 14.5. The molecule has 0 N–H and O–H groups in total. The van der Waals surface area contributed by atoms with Crippen molar-refractivity contribution in [3.8, 4) is 78.1 Å². The van der Waals surface area contributed by atoms with Gasteiger partial charge < -0.3 is 4.90 Å². The predicted octanol–water partition coefficient (Wildman–Crippen LogP) is 14.9. The van der Waals surface area contributed by atoms with Gasteiger partial charge in [0.05, 0.1) is 17.0 Å². The molecule has 0 spiro atoms. The van der Waals surface area contributed by atoms with Crippen molar-refractivity contribution in [2.45, 2.75) is 6.18 Å². The quantitative estimate of drug-likeness (QED) is 0.169. The van der Waals surface area contributed by atoms with Crippen molar-refractivity contribution in [1.82, 2.24) is 9.97 Å². The van der Waals surface area contributed by atoms with Crippen LogP contribution in [-0.4, -0.2) is 9.97 Å². The molecule has 2 heterocycles. The number of benzene rings is 7. The minimum Gasteiger partial charge on any atom is -0.310 e. The SMILES string of the molecule is FC(F)(F)c1cnc(-c2cccc(N(c3ccccc3)c3cccc(-c4ccccn4)c3)c2)cc1-c1ccc2c(c1)-c1ccccc1-c1ccccc1-c1ccccc1-2. The standard InChI is InChI=1S/C53H34F3N3/c54-53(55,56)50-34-58-52(37-15-13-19-40(31-37)59(38-16-2-1-3-17-38)39-18-12-14-36(30-39)51-26-10-11-29-57-51)33-48(50)35-27-28-47-45-24-7-6-22-43(45)41-20-4-5-21-42(41)44-23-8-9-25-46(44)49(47)32-35/h1-34H. The van der Waals surface area contributed by atoms with E-state index in [-0.39, 0.29) is 5.56 Å². The summed E-state index contributed by atoms with van der Waals surface area (Å²) >= 11 is 0. The van der Waals surface area contributed by atoms with Crippen molar-refractivity contribution in [3.63, 3.8) is 0 Å². The van der Waals surface area contributed by atoms with Crippen LogP contribution in [0.5, 0.6) is 0 Å². The summed E-state index contributed by atoms with van der Waals surface area (Å²) in [7, 11) is 0. The second kappa shape index (κ2) is 14.7. The molecule has 6 heteroatoms. The van der Waals surface area contributed by atoms with Gasteiger partial charge in [-0.05, 0) is 116 Å². The summed E-state index contributed by atoms with van der Waals surface area (Å²) in [5.74, 6) is 0. The third-order valence-electron chi connectivity index (χ3n) is 11.0. The fourth-order valence-electron chi connectivity index (χ4n) is 8.27. The number of pyridine rings is 2. The smallest absolute Gasteiger partial charge is 0.310 e. The Bertz CT molecular complexity index is 2990. The molecule has 0 fully saturated rings. The Morgan fingerprint density at radius 1 is 0.339 bits per heavy atom. The van der Waals surface area contributed by atoms with Crippen LogP contribution in [0.1, 0.15) is 5.56 Å². The molecule has 3 nitrogen and oxygen atoms in total. The first kappa shape index (κ1) is 35.8. The summed E-state index contributed by atoms with van der Waals surface area (Å²) in [6.45, 7) is 0. The largest absolute Gasteiger partial charge is 0.418 e. The van der Waals surface area contributed by atoms with Gasteiger partial charge >= 0.3 is 6.18 Å². The Morgan fingerprint density at radius 2 is 0.831 bits per heavy atom. The van der Waals surface area contributed by atoms with E-state index >= 15 is 0 Å². The van der Waals surface area contributed by atoms with Gasteiger partial charge in [0.2, 0.25) is 0 Å². The number of aromatic nitrogens is 2. The van der Waals surface area contributed by atoms with E-state index < -0.39 is 11.7 Å². The summed E-state index contributed by atoms with van der Waals surface area (Å²) in [5, 5.41) is 0. The Morgan fingerprint density at radius 3 is 1.37 bits per heavy atom. The van der Waals surface area contributed by atoms with Gasteiger partial charge in [-0.15, -0.1) is 0 Å². The van der Waals surface area contributed by atoms with Crippen LogP contribution in [0.15, 0.2) is 207 Å². The van der Waals surface area contributed by atoms with Gasteiger partial charge in [-0.1, -0.05) is 133 Å². The minimum absolute atomic E-state index is 0.0620. The third kappa shape index (κ3) is 6.64. The van der Waals surface area contributed by atoms with Crippen LogP contribution in [0.2, 0.25) is 0 Å². The molecule has 0 unspecified atom stereocenters. The van der Waals surface area contributed by atoms with Crippen molar-refractivity contribution in [1.29, 1.82) is 0 Å². The van der Waals surface area contributed by atoms with Crippen LogP contribution in [-0.2, 0) is 6.18 Å². The number of nitrogens with zero attached hydrogens (tertiary/aromatic N) is 3. The van der Waals surface area contributed by atoms with Crippen LogP contribution in [0.3, 0.4) is 0 Å². The van der Waals surface area contributed by atoms with Gasteiger partial charge in [0.25, 0.3) is 0 Å². The fourth-order valence-corrected chi connectivity index (χ4v) is 8.27. The summed E-state index contributed by atoms with van der Waals surface area (Å²) < 4.78 is 44.9. The number of hydrogen-bond acceptors (Lipinski definition) is 3. The van der Waals surface area contributed by atoms with E-state index in [2.05, 4.69) is 57.3 Å². The lowest BCUT2D eigenvalue weighted by Gasteiger charge is -2.26. The van der Waals surface area contributed by atoms with E-state index in [0.717, 1.165) is 79.0 Å². The number of para-hydroxylation sites is 1. The molecule has 10 rings (SSSR count). The third-order valence-corrected chi connectivity index (χ3v) is 11.0. The molecule has 0 bridgehead atoms. The molecule has 9 aromatic rings. The number of alkyl halides is 3. The summed E-state index contributed by atoms with van der Waals surface area (Å²) in [5.41, 5.74) is 13.4. The maximum Gasteiger partial charge on any atom is 0.418 e. The van der Waals surface area contributed by atoms with E-state index in [0.29, 0.717) is 16.8 Å². The number of rotatable bonds is 6. The fraction of sp³-hybridized carbons (Fsp3) is 0.0189. The Kier molecular flexibility index (Phi) is 8.95. The zero-order chi connectivity index (χ0) is 39.9. The van der Waals surface area contributed by atoms with E-state index in [1.54, 1.807) is 12.3 Å². The molecule has 0 amide bonds. The van der Waals surface area contributed by atoms with Crippen molar-refractivity contribution in [2.75, 3.05) is 4.90 Å². The minimum atomic E-state index is -4.64. The molecule has 282 valence electrons. The highest BCUT2D eigenvalue weighted by Crippen LogP contribution is 2.49. The molecule has 0 aliphatic heterocycles. The number of halogens is 3. The lowest BCUT2D eigenvalue weighted by molar-refractivity contribution is -0.137. The van der Waals surface area contributed by atoms with Crippen LogP contribution < -0.4 is 4.90 Å². The van der Waals surface area contributed by atoms with Crippen LogP contribution >= 0.6 is 0 Å². The van der Waals surface area contributed by atoms with Crippen molar-refractivity contribution >= 4 is 17.1 Å². The summed E-state index contributed by atoms with van der Waals surface area (Å²) in [6, 6.07) is 63.7. The highest BCUT2D eigenvalue weighted by Gasteiger charge is 2.35. The van der Waals surface area contributed by atoms with Gasteiger partial charge in [0.1, 0.15) is 0 Å². The van der Waals surface area contributed by atoms with Crippen molar-refractivity contribution in [2.24, 2.45) is 0 Å². The van der Waals surface area contributed by atoms with Crippen LogP contribution in [0, 0.1) is 0 Å². The molecule has 0 atom stereocenters. The zero-order valence-corrected chi connectivity index (χ0v) is 31.6. The van der Waals surface area contributed by atoms with Gasteiger partial charge in [-0.3, -0.25) is 9.97 Å². The monoisotopic (exact) mass is 769 g/mol. The maximum absolute atomic E-state index is 15.0. The maximum atomic E-state index is 15.0. The molecule has 1 aliphatic carbocycles. The molecule has 0 saturated heterocycles. The number of anilines is 3. The zero-order valence-electron chi connectivity index (χ0n) is 31.6. The highest BCUT2D eigenvalue weighted by atomic mass is 19.4. The van der Waals surface area contributed by atoms with Crippen LogP contribution in [0.4, 0.5) is 30.2 Å². The second-order valence-electron chi connectivity index (χ2n) is 14.5. The molecule has 59 heavy (non-hydrogen) atoms. The molecular weight excluding hydrogens is 736 g/mol. The number of hydrogen-bond donors (Lipinski definition) is 0. The van der Waals surface area contributed by atoms with Gasteiger partial charge in [-0.25, -0.2) is 0 Å². The van der Waals surface area contributed by atoms with E-state index in [1.165, 1.54) is 0 Å². The van der Waals surface area contributed by atoms with Gasteiger partial charge in [0, 0.05) is 40.6 Å². The molecular formula is C53H34F3N3. The summed E-state index contributed by atoms with van der Waals surface area (Å²) in [4.78, 5) is 11.2. The van der Waals surface area contributed by atoms with Crippen LogP contribution in [0.25, 0.3) is 78.1 Å². The first-order valence-electron chi connectivity index (χ1n) is 19.4. The normalized spacial score (nSPS) is 11.6. The Hall–Kier alpha value is -7.57. The van der Waals surface area contributed by atoms with Crippen molar-refractivity contribution in [3.05, 3.63) is 212 Å². The van der Waals surface area contributed by atoms with Gasteiger partial charge in [-0.2, -0.15) is 13.2 Å². The molecule has 0 saturated carbocycles. The first-order valence-corrected chi connectivity index (χ1v) is 19.4. The Balaban J connectivity index is 1.12. The lowest BCUT2D eigenvalue weighted by Crippen LogP contribution is -2.10. The molecule has 0 radical (unpaired) electrons. The topological polar surface area (TPSA) is 29.0 Å². The van der Waals surface area contributed by atoms with E-state index in [1.807, 2.05) is 146 Å². The highest BCUT2D eigenvalue weighted by molar-refractivity contribution is 6.04. The van der Waals surface area contributed by atoms with Crippen molar-refractivity contribution < 1.29 is 13.2 Å².